The minimum Gasteiger partial charge on any atom is -0.464 e. The van der Waals surface area contributed by atoms with Crippen molar-refractivity contribution in [1.82, 2.24) is 5.32 Å². The summed E-state index contributed by atoms with van der Waals surface area (Å²) in [5.74, 6) is 0.414. The molecule has 1 aliphatic rings. The second-order valence-electron chi connectivity index (χ2n) is 8.22. The molecule has 1 aromatic heterocycles. The van der Waals surface area contributed by atoms with E-state index >= 15 is 0 Å². The number of aryl methyl sites for hydroxylation is 1. The summed E-state index contributed by atoms with van der Waals surface area (Å²) < 4.78 is 5.79. The maximum absolute atomic E-state index is 13.5. The Bertz CT molecular complexity index is 901. The third kappa shape index (κ3) is 5.09. The summed E-state index contributed by atoms with van der Waals surface area (Å²) in [4.78, 5) is 40.1. The lowest BCUT2D eigenvalue weighted by atomic mass is 10.0. The van der Waals surface area contributed by atoms with Crippen LogP contribution in [0.2, 0.25) is 0 Å². The molecule has 2 aromatic rings. The lowest BCUT2D eigenvalue weighted by Crippen LogP contribution is -2.50. The number of hydrogen-bond acceptors (Lipinski definition) is 5. The van der Waals surface area contributed by atoms with Crippen molar-refractivity contribution in [3.05, 3.63) is 54.0 Å². The molecule has 2 amide bonds. The van der Waals surface area contributed by atoms with Crippen molar-refractivity contribution in [3.63, 3.8) is 0 Å². The van der Waals surface area contributed by atoms with Crippen LogP contribution in [0.3, 0.4) is 0 Å². The summed E-state index contributed by atoms with van der Waals surface area (Å²) in [6.07, 6.45) is 0.178. The number of amides is 2. The number of nitrogens with zero attached hydrogens (tertiary/aromatic N) is 1. The molecule has 0 radical (unpaired) electrons. The molecule has 1 fully saturated rings. The van der Waals surface area contributed by atoms with Gasteiger partial charge in [-0.15, -0.1) is 0 Å². The van der Waals surface area contributed by atoms with Crippen LogP contribution in [0.15, 0.2) is 46.9 Å². The maximum Gasteiger partial charge on any atom is 0.251 e. The molecular formula is C22H26N2O4S. The first-order chi connectivity index (χ1) is 13.7. The van der Waals surface area contributed by atoms with Crippen LogP contribution in [0, 0.1) is 12.8 Å². The van der Waals surface area contributed by atoms with E-state index in [-0.39, 0.29) is 23.4 Å². The largest absolute Gasteiger partial charge is 0.464 e. The molecule has 1 aromatic carbocycles. The third-order valence-electron chi connectivity index (χ3n) is 4.52. The first-order valence-corrected chi connectivity index (χ1v) is 10.6. The Hall–Kier alpha value is -2.54. The molecule has 0 saturated carbocycles. The van der Waals surface area contributed by atoms with Crippen molar-refractivity contribution in [1.29, 1.82) is 0 Å². The molecule has 0 aliphatic carbocycles. The molecular weight excluding hydrogens is 388 g/mol. The molecule has 0 bridgehead atoms. The molecule has 7 heteroatoms. The summed E-state index contributed by atoms with van der Waals surface area (Å²) in [7, 11) is 0. The van der Waals surface area contributed by atoms with E-state index in [0.717, 1.165) is 0 Å². The number of furan rings is 1. The third-order valence-corrected chi connectivity index (χ3v) is 5.57. The zero-order valence-corrected chi connectivity index (χ0v) is 17.9. The Balaban J connectivity index is 2.08. The van der Waals surface area contributed by atoms with Crippen LogP contribution in [-0.2, 0) is 14.4 Å². The number of rotatable bonds is 5. The Morgan fingerprint density at radius 1 is 1.17 bits per heavy atom. The fourth-order valence-electron chi connectivity index (χ4n) is 3.27. The average Bonchev–Trinajstić information content (AvgIpc) is 3.26. The van der Waals surface area contributed by atoms with Gasteiger partial charge in [-0.3, -0.25) is 19.3 Å². The van der Waals surface area contributed by atoms with Crippen LogP contribution in [0.25, 0.3) is 0 Å². The van der Waals surface area contributed by atoms with E-state index in [1.165, 1.54) is 16.7 Å². The number of thioether (sulfide) groups is 1. The number of carbonyl (C=O) groups is 3. The molecule has 154 valence electrons. The van der Waals surface area contributed by atoms with E-state index in [0.29, 0.717) is 23.0 Å². The minimum absolute atomic E-state index is 0.000831. The fourth-order valence-corrected chi connectivity index (χ4v) is 4.24. The second-order valence-corrected chi connectivity index (χ2v) is 9.30. The van der Waals surface area contributed by atoms with E-state index in [2.05, 4.69) is 5.32 Å². The van der Waals surface area contributed by atoms with Gasteiger partial charge in [0.25, 0.3) is 5.91 Å². The van der Waals surface area contributed by atoms with E-state index in [4.69, 9.17) is 4.42 Å². The van der Waals surface area contributed by atoms with E-state index in [9.17, 15) is 14.4 Å². The van der Waals surface area contributed by atoms with Crippen LogP contribution in [0.1, 0.15) is 44.8 Å². The van der Waals surface area contributed by atoms with Gasteiger partial charge in [-0.1, -0.05) is 30.0 Å². The molecule has 0 unspecified atom stereocenters. The van der Waals surface area contributed by atoms with Crippen LogP contribution < -0.4 is 10.2 Å². The van der Waals surface area contributed by atoms with Gasteiger partial charge < -0.3 is 9.73 Å². The molecule has 3 rings (SSSR count). The summed E-state index contributed by atoms with van der Waals surface area (Å²) in [5, 5.41) is 2.97. The van der Waals surface area contributed by atoms with Crippen LogP contribution in [0.4, 0.5) is 5.69 Å². The normalized spacial score (nSPS) is 17.8. The fraction of sp³-hybridized carbons (Fsp3) is 0.409. The van der Waals surface area contributed by atoms with Gasteiger partial charge in [0.2, 0.25) is 5.91 Å². The number of anilines is 1. The van der Waals surface area contributed by atoms with Gasteiger partial charge in [0.1, 0.15) is 11.5 Å². The smallest absolute Gasteiger partial charge is 0.251 e. The predicted molar refractivity (Wildman–Crippen MR) is 114 cm³/mol. The standard InChI is InChI=1S/C22H26N2O4S/c1-14-10-11-17(28-14)19(20(26)23-22(2,3)4)24(16-8-6-5-7-9-16)21(27)15-12-18(25)29-13-15/h5-11,15,19H,12-13H2,1-4H3,(H,23,26)/t15-,19+/m0/s1. The summed E-state index contributed by atoms with van der Waals surface area (Å²) >= 11 is 1.17. The molecule has 1 N–H and O–H groups in total. The van der Waals surface area contributed by atoms with Crippen LogP contribution >= 0.6 is 11.8 Å². The highest BCUT2D eigenvalue weighted by molar-refractivity contribution is 8.14. The van der Waals surface area contributed by atoms with Crippen molar-refractivity contribution in [2.45, 2.75) is 45.7 Å². The van der Waals surface area contributed by atoms with Gasteiger partial charge in [0.05, 0.1) is 5.92 Å². The zero-order chi connectivity index (χ0) is 21.2. The van der Waals surface area contributed by atoms with E-state index in [1.807, 2.05) is 39.0 Å². The lowest BCUT2D eigenvalue weighted by molar-refractivity contribution is -0.129. The van der Waals surface area contributed by atoms with Crippen molar-refractivity contribution < 1.29 is 18.8 Å². The lowest BCUT2D eigenvalue weighted by Gasteiger charge is -2.33. The topological polar surface area (TPSA) is 79.6 Å². The number of carbonyl (C=O) groups excluding carboxylic acids is 3. The highest BCUT2D eigenvalue weighted by Crippen LogP contribution is 2.34. The molecule has 6 nitrogen and oxygen atoms in total. The number of hydrogen-bond donors (Lipinski definition) is 1. The molecule has 29 heavy (non-hydrogen) atoms. The zero-order valence-electron chi connectivity index (χ0n) is 17.1. The first kappa shape index (κ1) is 21.2. The summed E-state index contributed by atoms with van der Waals surface area (Å²) in [5.41, 5.74) is 0.103. The van der Waals surface area contributed by atoms with Gasteiger partial charge in [-0.05, 0) is 52.0 Å². The highest BCUT2D eigenvalue weighted by Gasteiger charge is 2.41. The van der Waals surface area contributed by atoms with E-state index < -0.39 is 17.5 Å². The van der Waals surface area contributed by atoms with Gasteiger partial charge >= 0.3 is 0 Å². The Morgan fingerprint density at radius 2 is 1.86 bits per heavy atom. The monoisotopic (exact) mass is 414 g/mol. The molecule has 0 spiro atoms. The minimum atomic E-state index is -0.974. The average molecular weight is 415 g/mol. The molecule has 2 atom stereocenters. The highest BCUT2D eigenvalue weighted by atomic mass is 32.2. The summed E-state index contributed by atoms with van der Waals surface area (Å²) in [6.45, 7) is 7.45. The number of nitrogens with one attached hydrogen (secondary N) is 1. The van der Waals surface area contributed by atoms with Crippen molar-refractivity contribution in [2.24, 2.45) is 5.92 Å². The van der Waals surface area contributed by atoms with Crippen LogP contribution in [0.5, 0.6) is 0 Å². The Morgan fingerprint density at radius 3 is 2.38 bits per heavy atom. The van der Waals surface area contributed by atoms with Crippen molar-refractivity contribution >= 4 is 34.4 Å². The molecule has 1 aliphatic heterocycles. The Labute approximate surface area is 175 Å². The van der Waals surface area contributed by atoms with Crippen molar-refractivity contribution in [3.8, 4) is 0 Å². The quantitative estimate of drug-likeness (QED) is 0.804. The van der Waals surface area contributed by atoms with Gasteiger partial charge in [0, 0.05) is 23.4 Å². The maximum atomic E-state index is 13.5. The van der Waals surface area contributed by atoms with E-state index in [1.54, 1.807) is 31.2 Å². The first-order valence-electron chi connectivity index (χ1n) is 9.58. The van der Waals surface area contributed by atoms with Crippen molar-refractivity contribution in [2.75, 3.05) is 10.7 Å². The predicted octanol–water partition coefficient (Wildman–Crippen LogP) is 3.86. The second kappa shape index (κ2) is 8.45. The van der Waals surface area contributed by atoms with Gasteiger partial charge in [-0.2, -0.15) is 0 Å². The SMILES string of the molecule is Cc1ccc([C@H](C(=O)NC(C)(C)C)N(C(=O)[C@@H]2CSC(=O)C2)c2ccccc2)o1. The number of benzene rings is 1. The molecule has 1 saturated heterocycles. The number of para-hydroxylation sites is 1. The summed E-state index contributed by atoms with van der Waals surface area (Å²) in [6, 6.07) is 11.6. The van der Waals surface area contributed by atoms with Crippen LogP contribution in [-0.4, -0.2) is 28.2 Å². The van der Waals surface area contributed by atoms with Gasteiger partial charge in [-0.25, -0.2) is 0 Å². The molecule has 2 heterocycles. The van der Waals surface area contributed by atoms with Gasteiger partial charge in [0.15, 0.2) is 11.2 Å². The Kier molecular flexibility index (Phi) is 6.17.